The molecule has 466 valence electrons. The molecule has 0 radical (unpaired) electrons. The Labute approximate surface area is 518 Å². The Balaban J connectivity index is 1.04. The number of amides is 2. The fraction of sp³-hybridized carbons (Fsp3) is 0.466. The van der Waals surface area contributed by atoms with Crippen molar-refractivity contribution in [1.82, 2.24) is 4.90 Å². The van der Waals surface area contributed by atoms with Crippen LogP contribution in [-0.2, 0) is 70.7 Å². The van der Waals surface area contributed by atoms with Gasteiger partial charge in [-0.15, -0.1) is 0 Å². The molecular formula is C73H93NO12Si. The molecule has 0 spiro atoms. The lowest BCUT2D eigenvalue weighted by atomic mass is 9.79. The van der Waals surface area contributed by atoms with Crippen LogP contribution in [0.25, 0.3) is 0 Å². The van der Waals surface area contributed by atoms with Crippen LogP contribution in [0.1, 0.15) is 140 Å². The van der Waals surface area contributed by atoms with Crippen molar-refractivity contribution in [3.05, 3.63) is 209 Å². The summed E-state index contributed by atoms with van der Waals surface area (Å²) in [5.74, 6) is -1.02. The van der Waals surface area contributed by atoms with E-state index < -0.39 is 68.7 Å². The number of aliphatic hydroxyl groups excluding tert-OH is 1. The van der Waals surface area contributed by atoms with Gasteiger partial charge >= 0.3 is 0 Å². The quantitative estimate of drug-likeness (QED) is 0.0225. The maximum absolute atomic E-state index is 15.3. The average Bonchev–Trinajstić information content (AvgIpc) is 1.88. The van der Waals surface area contributed by atoms with E-state index in [0.29, 0.717) is 37.4 Å². The third-order valence-corrected chi connectivity index (χ3v) is 21.8. The third kappa shape index (κ3) is 19.9. The molecule has 6 aromatic rings. The second-order valence-corrected chi connectivity index (χ2v) is 29.6. The highest BCUT2D eigenvalue weighted by Crippen LogP contribution is 2.42. The first-order valence-electron chi connectivity index (χ1n) is 31.4. The average molecular weight is 1200 g/mol. The lowest BCUT2D eigenvalue weighted by molar-refractivity contribution is -0.205. The van der Waals surface area contributed by atoms with Gasteiger partial charge in [-0.05, 0) is 83.1 Å². The predicted molar refractivity (Wildman–Crippen MR) is 342 cm³/mol. The van der Waals surface area contributed by atoms with E-state index in [-0.39, 0.29) is 50.1 Å². The molecule has 0 aliphatic carbocycles. The van der Waals surface area contributed by atoms with Gasteiger partial charge in [-0.1, -0.05) is 211 Å². The Bertz CT molecular complexity index is 2940. The fourth-order valence-corrected chi connectivity index (χ4v) is 12.8. The van der Waals surface area contributed by atoms with Crippen molar-refractivity contribution in [3.63, 3.8) is 0 Å². The zero-order valence-electron chi connectivity index (χ0n) is 52.1. The molecule has 87 heavy (non-hydrogen) atoms. The van der Waals surface area contributed by atoms with Gasteiger partial charge in [-0.25, -0.2) is 0 Å². The Kier molecular flexibility index (Phi) is 26.1. The number of carbonyl (C=O) groups excluding carboxylic acids is 3. The molecule has 14 heteroatoms. The van der Waals surface area contributed by atoms with Gasteiger partial charge < -0.3 is 42.7 Å². The minimum absolute atomic E-state index is 0.0996. The molecule has 2 aliphatic heterocycles. The number of benzene rings is 6. The summed E-state index contributed by atoms with van der Waals surface area (Å²) in [6.45, 7) is 13.2. The molecule has 2 aliphatic rings. The SMILES string of the molecule is COc1ccc(COCCCCCCCCCC[C@@H]2O[C@H](COCc3ccccc3)[C@@H](CC(=O)C[C@@H](O)[C@@H](OCc3ccccc3)[C@@H](COCc3ccccc3)O[Si](C)(C)C(C)(C)C)[C@H](OCc3ccccc3)[C@H]2N2C(=O)c3ccccc3C2=O)cc1. The summed E-state index contributed by atoms with van der Waals surface area (Å²) in [4.78, 5) is 46.4. The van der Waals surface area contributed by atoms with Crippen molar-refractivity contribution >= 4 is 25.9 Å². The van der Waals surface area contributed by atoms with Crippen LogP contribution in [0.3, 0.4) is 0 Å². The van der Waals surface area contributed by atoms with Crippen LogP contribution < -0.4 is 4.74 Å². The molecule has 13 nitrogen and oxygen atoms in total. The number of nitrogens with zero attached hydrogens (tertiary/aromatic N) is 1. The van der Waals surface area contributed by atoms with Crippen molar-refractivity contribution in [2.24, 2.45) is 5.92 Å². The minimum Gasteiger partial charge on any atom is -0.497 e. The summed E-state index contributed by atoms with van der Waals surface area (Å²) >= 11 is 0. The summed E-state index contributed by atoms with van der Waals surface area (Å²) in [5.41, 5.74) is 5.52. The number of carbonyl (C=O) groups is 3. The van der Waals surface area contributed by atoms with Crippen LogP contribution >= 0.6 is 0 Å². The van der Waals surface area contributed by atoms with E-state index in [1.54, 1.807) is 31.4 Å². The standard InChI is InChI=1S/C73H93NO12Si/c1-73(2,3)87(5,6)86-67(53-82-49-55-31-19-14-20-32-55)70(84-51-57-35-23-16-24-36-57)64(76)46-59(75)45-63-66(52-81-48-54-29-17-13-18-30-54)85-65(39-25-11-9-7-8-10-12-28-44-80-47-58-40-42-60(79-4)43-41-58)68(69(63)83-50-56-33-21-15-22-34-56)74-71(77)61-37-26-27-38-62(61)72(74)78/h13-24,26-27,29-38,40-43,63-70,76H,7-12,25,28,39,44-53H2,1-6H3/t63-,64-,65+,66-,67-,68+,69+,70-/m1/s1. The van der Waals surface area contributed by atoms with Gasteiger partial charge in [0.25, 0.3) is 11.8 Å². The van der Waals surface area contributed by atoms with E-state index in [9.17, 15) is 14.7 Å². The molecule has 1 saturated heterocycles. The lowest BCUT2D eigenvalue weighted by Gasteiger charge is -2.49. The summed E-state index contributed by atoms with van der Waals surface area (Å²) < 4.78 is 52.5. The summed E-state index contributed by atoms with van der Waals surface area (Å²) in [5, 5.41) is 12.5. The number of Topliss-reactive ketones (excluding diaryl/α,β-unsaturated/α-hetero) is 1. The fourth-order valence-electron chi connectivity index (χ4n) is 11.4. The largest absolute Gasteiger partial charge is 0.497 e. The molecule has 8 atom stereocenters. The van der Waals surface area contributed by atoms with Crippen molar-refractivity contribution < 1.29 is 57.1 Å². The van der Waals surface area contributed by atoms with Crippen LogP contribution in [0.4, 0.5) is 0 Å². The van der Waals surface area contributed by atoms with Crippen LogP contribution in [0.15, 0.2) is 170 Å². The van der Waals surface area contributed by atoms with Crippen molar-refractivity contribution in [3.8, 4) is 5.75 Å². The van der Waals surface area contributed by atoms with Gasteiger partial charge in [0, 0.05) is 25.4 Å². The summed E-state index contributed by atoms with van der Waals surface area (Å²) in [6, 6.07) is 53.3. The third-order valence-electron chi connectivity index (χ3n) is 17.3. The number of imide groups is 1. The zero-order valence-corrected chi connectivity index (χ0v) is 53.1. The molecule has 0 bridgehead atoms. The summed E-state index contributed by atoms with van der Waals surface area (Å²) in [6.07, 6.45) is 2.94. The van der Waals surface area contributed by atoms with Gasteiger partial charge in [0.15, 0.2) is 8.32 Å². The van der Waals surface area contributed by atoms with Gasteiger partial charge in [0.05, 0.1) is 101 Å². The van der Waals surface area contributed by atoms with Gasteiger partial charge in [0.1, 0.15) is 17.6 Å². The number of ether oxygens (including phenoxy) is 7. The molecule has 0 unspecified atom stereocenters. The summed E-state index contributed by atoms with van der Waals surface area (Å²) in [7, 11) is -0.883. The first-order valence-corrected chi connectivity index (χ1v) is 34.3. The van der Waals surface area contributed by atoms with E-state index in [0.717, 1.165) is 91.5 Å². The van der Waals surface area contributed by atoms with Crippen molar-refractivity contribution in [2.45, 2.75) is 185 Å². The topological polar surface area (TPSA) is 149 Å². The van der Waals surface area contributed by atoms with E-state index in [1.165, 1.54) is 4.90 Å². The lowest BCUT2D eigenvalue weighted by Crippen LogP contribution is -2.64. The number of fused-ring (bicyclic) bond motifs is 1. The molecule has 8 rings (SSSR count). The number of hydrogen-bond acceptors (Lipinski definition) is 12. The Morgan fingerprint density at radius 1 is 0.586 bits per heavy atom. The second kappa shape index (κ2) is 34.0. The van der Waals surface area contributed by atoms with E-state index in [1.807, 2.05) is 146 Å². The monoisotopic (exact) mass is 1200 g/mol. The first kappa shape index (κ1) is 66.8. The molecule has 2 heterocycles. The molecule has 0 aromatic heterocycles. The molecular weight excluding hydrogens is 1110 g/mol. The van der Waals surface area contributed by atoms with Gasteiger partial charge in [0.2, 0.25) is 0 Å². The highest BCUT2D eigenvalue weighted by Gasteiger charge is 2.54. The van der Waals surface area contributed by atoms with Crippen molar-refractivity contribution in [1.29, 1.82) is 0 Å². The van der Waals surface area contributed by atoms with Crippen LogP contribution in [0, 0.1) is 5.92 Å². The second-order valence-electron chi connectivity index (χ2n) is 24.9. The number of aliphatic hydroxyl groups is 1. The number of methoxy groups -OCH3 is 1. The minimum atomic E-state index is -2.55. The van der Waals surface area contributed by atoms with Gasteiger partial charge in [-0.3, -0.25) is 19.3 Å². The number of ketones is 1. The molecule has 6 aromatic carbocycles. The van der Waals surface area contributed by atoms with Crippen LogP contribution in [0.2, 0.25) is 18.1 Å². The molecule has 1 fully saturated rings. The van der Waals surface area contributed by atoms with E-state index >= 15 is 4.79 Å². The molecule has 1 N–H and O–H groups in total. The Hall–Kier alpha value is -6.17. The number of hydrogen-bond donors (Lipinski definition) is 1. The van der Waals surface area contributed by atoms with Crippen LogP contribution in [0.5, 0.6) is 5.75 Å². The smallest absolute Gasteiger partial charge is 0.261 e. The van der Waals surface area contributed by atoms with Crippen LogP contribution in [-0.4, -0.2) is 106 Å². The van der Waals surface area contributed by atoms with E-state index in [4.69, 9.17) is 37.6 Å². The normalized spacial score (nSPS) is 19.0. The van der Waals surface area contributed by atoms with Gasteiger partial charge in [-0.2, -0.15) is 0 Å². The Morgan fingerprint density at radius 3 is 1.62 bits per heavy atom. The maximum Gasteiger partial charge on any atom is 0.261 e. The number of unbranched alkanes of at least 4 members (excludes halogenated alkanes) is 7. The zero-order chi connectivity index (χ0) is 61.4. The first-order chi connectivity index (χ1) is 42.2. The maximum atomic E-state index is 15.3. The molecule has 2 amide bonds. The highest BCUT2D eigenvalue weighted by molar-refractivity contribution is 6.74. The molecule has 0 saturated carbocycles. The van der Waals surface area contributed by atoms with E-state index in [2.05, 4.69) is 33.9 Å². The highest BCUT2D eigenvalue weighted by atomic mass is 28.4. The number of rotatable bonds is 37. The predicted octanol–water partition coefficient (Wildman–Crippen LogP) is 14.5. The van der Waals surface area contributed by atoms with Crippen molar-refractivity contribution in [2.75, 3.05) is 26.9 Å². The Morgan fingerprint density at radius 2 is 1.07 bits per heavy atom.